The predicted molar refractivity (Wildman–Crippen MR) is 147 cm³/mol. The Morgan fingerprint density at radius 3 is 2.38 bits per heavy atom. The predicted octanol–water partition coefficient (Wildman–Crippen LogP) is 6.59. The number of anilines is 1. The molecule has 1 fully saturated rings. The molecule has 5 rings (SSSR count). The van der Waals surface area contributed by atoms with Crippen LogP contribution in [0.4, 0.5) is 10.5 Å². The first-order valence-corrected chi connectivity index (χ1v) is 12.4. The van der Waals surface area contributed by atoms with Gasteiger partial charge < -0.3 is 4.57 Å². The quantitative estimate of drug-likeness (QED) is 0.238. The van der Waals surface area contributed by atoms with Crippen LogP contribution >= 0.6 is 23.2 Å². The van der Waals surface area contributed by atoms with E-state index in [1.807, 2.05) is 57.2 Å². The summed E-state index contributed by atoms with van der Waals surface area (Å²) in [5.74, 6) is -1.40. The van der Waals surface area contributed by atoms with Gasteiger partial charge in [0.1, 0.15) is 5.57 Å². The van der Waals surface area contributed by atoms with Gasteiger partial charge in [-0.2, -0.15) is 0 Å². The maximum atomic E-state index is 13.5. The zero-order valence-electron chi connectivity index (χ0n) is 20.4. The van der Waals surface area contributed by atoms with Crippen LogP contribution in [-0.2, 0) is 16.1 Å². The molecular formula is C29H23Cl2N3O3. The number of benzene rings is 3. The third kappa shape index (κ3) is 4.43. The topological polar surface area (TPSA) is 71.4 Å². The van der Waals surface area contributed by atoms with E-state index in [1.165, 1.54) is 0 Å². The summed E-state index contributed by atoms with van der Waals surface area (Å²) >= 11 is 12.5. The van der Waals surface area contributed by atoms with Crippen LogP contribution in [0.3, 0.4) is 0 Å². The van der Waals surface area contributed by atoms with Crippen molar-refractivity contribution in [3.63, 3.8) is 0 Å². The maximum Gasteiger partial charge on any atom is 0.335 e. The zero-order valence-corrected chi connectivity index (χ0v) is 21.9. The normalized spacial score (nSPS) is 15.1. The highest BCUT2D eigenvalue weighted by molar-refractivity contribution is 6.39. The monoisotopic (exact) mass is 531 g/mol. The molecule has 0 atom stereocenters. The molecule has 0 saturated carbocycles. The van der Waals surface area contributed by atoms with Crippen molar-refractivity contribution in [3.8, 4) is 0 Å². The molecule has 0 unspecified atom stereocenters. The standard InChI is InChI=1S/C29H23Cl2N3O3/c1-16-8-11-21(12-17(16)2)34-28(36)24(27(35)32-29(34)37)14-23-18(3)33(26-7-5-4-6-22(23)26)15-19-9-10-20(30)13-25(19)31/h4-14H,15H2,1-3H3,(H,32,35,37)/b24-14+. The number of nitrogens with one attached hydrogen (secondary N) is 1. The lowest BCUT2D eigenvalue weighted by atomic mass is 10.0. The van der Waals surface area contributed by atoms with E-state index in [0.29, 0.717) is 27.8 Å². The summed E-state index contributed by atoms with van der Waals surface area (Å²) in [5.41, 5.74) is 5.61. The van der Waals surface area contributed by atoms with Crippen molar-refractivity contribution < 1.29 is 14.4 Å². The molecule has 1 aliphatic rings. The Morgan fingerprint density at radius 1 is 0.892 bits per heavy atom. The van der Waals surface area contributed by atoms with Crippen molar-refractivity contribution >= 4 is 63.7 Å². The molecule has 1 aliphatic heterocycles. The Balaban J connectivity index is 1.62. The molecule has 4 aromatic rings. The van der Waals surface area contributed by atoms with Gasteiger partial charge in [0, 0.05) is 38.8 Å². The number of nitrogens with zero attached hydrogens (tertiary/aromatic N) is 2. The minimum absolute atomic E-state index is 0.117. The Labute approximate surface area is 224 Å². The largest absolute Gasteiger partial charge is 0.340 e. The number of para-hydroxylation sites is 1. The average Bonchev–Trinajstić information content (AvgIpc) is 3.11. The van der Waals surface area contributed by atoms with Crippen LogP contribution in [0.2, 0.25) is 10.0 Å². The molecule has 0 radical (unpaired) electrons. The smallest absolute Gasteiger partial charge is 0.335 e. The molecule has 1 saturated heterocycles. The summed E-state index contributed by atoms with van der Waals surface area (Å²) in [6.07, 6.45) is 1.57. The van der Waals surface area contributed by atoms with Gasteiger partial charge in [-0.15, -0.1) is 0 Å². The molecular weight excluding hydrogens is 509 g/mol. The summed E-state index contributed by atoms with van der Waals surface area (Å²) in [6, 6.07) is 17.6. The van der Waals surface area contributed by atoms with Crippen molar-refractivity contribution in [3.05, 3.63) is 104 Å². The Hall–Kier alpha value is -3.87. The first kappa shape index (κ1) is 24.8. The van der Waals surface area contributed by atoms with Gasteiger partial charge in [-0.1, -0.05) is 53.5 Å². The van der Waals surface area contributed by atoms with Crippen LogP contribution in [0.5, 0.6) is 0 Å². The number of rotatable bonds is 4. The second-order valence-electron chi connectivity index (χ2n) is 9.06. The van der Waals surface area contributed by atoms with Crippen LogP contribution in [0, 0.1) is 20.8 Å². The highest BCUT2D eigenvalue weighted by Crippen LogP contribution is 2.32. The van der Waals surface area contributed by atoms with Crippen molar-refractivity contribution in [2.45, 2.75) is 27.3 Å². The highest BCUT2D eigenvalue weighted by Gasteiger charge is 2.37. The van der Waals surface area contributed by atoms with Gasteiger partial charge in [0.2, 0.25) is 0 Å². The summed E-state index contributed by atoms with van der Waals surface area (Å²) in [7, 11) is 0. The van der Waals surface area contributed by atoms with E-state index in [1.54, 1.807) is 30.3 Å². The highest BCUT2D eigenvalue weighted by atomic mass is 35.5. The second kappa shape index (κ2) is 9.54. The molecule has 1 aromatic heterocycles. The van der Waals surface area contributed by atoms with Gasteiger partial charge in [-0.25, -0.2) is 9.69 Å². The van der Waals surface area contributed by atoms with Crippen molar-refractivity contribution in [2.75, 3.05) is 4.90 Å². The minimum atomic E-state index is -0.771. The molecule has 186 valence electrons. The van der Waals surface area contributed by atoms with Gasteiger partial charge in [-0.05, 0) is 73.9 Å². The van der Waals surface area contributed by atoms with Crippen LogP contribution in [-0.4, -0.2) is 22.4 Å². The van der Waals surface area contributed by atoms with E-state index in [4.69, 9.17) is 23.2 Å². The number of aromatic nitrogens is 1. The van der Waals surface area contributed by atoms with Gasteiger partial charge in [0.05, 0.1) is 5.69 Å². The Morgan fingerprint density at radius 2 is 1.65 bits per heavy atom. The van der Waals surface area contributed by atoms with Gasteiger partial charge in [-0.3, -0.25) is 14.9 Å². The summed E-state index contributed by atoms with van der Waals surface area (Å²) in [4.78, 5) is 40.0. The fourth-order valence-corrected chi connectivity index (χ4v) is 5.03. The van der Waals surface area contributed by atoms with Gasteiger partial charge in [0.25, 0.3) is 11.8 Å². The molecule has 0 bridgehead atoms. The van der Waals surface area contributed by atoms with Gasteiger partial charge >= 0.3 is 6.03 Å². The van der Waals surface area contributed by atoms with Crippen LogP contribution in [0.1, 0.15) is 27.9 Å². The zero-order chi connectivity index (χ0) is 26.4. The molecule has 2 heterocycles. The lowest BCUT2D eigenvalue weighted by molar-refractivity contribution is -0.122. The second-order valence-corrected chi connectivity index (χ2v) is 9.91. The number of carbonyl (C=O) groups is 3. The van der Waals surface area contributed by atoms with Crippen LogP contribution in [0.25, 0.3) is 17.0 Å². The molecule has 0 aliphatic carbocycles. The van der Waals surface area contributed by atoms with E-state index in [2.05, 4.69) is 9.88 Å². The third-order valence-corrected chi connectivity index (χ3v) is 7.35. The average molecular weight is 532 g/mol. The van der Waals surface area contributed by atoms with Crippen molar-refractivity contribution in [1.82, 2.24) is 9.88 Å². The van der Waals surface area contributed by atoms with Crippen molar-refractivity contribution in [1.29, 1.82) is 0 Å². The first-order valence-electron chi connectivity index (χ1n) is 11.7. The summed E-state index contributed by atoms with van der Waals surface area (Å²) < 4.78 is 2.08. The summed E-state index contributed by atoms with van der Waals surface area (Å²) in [5, 5.41) is 4.28. The van der Waals surface area contributed by atoms with E-state index < -0.39 is 17.8 Å². The molecule has 37 heavy (non-hydrogen) atoms. The molecule has 6 nitrogen and oxygen atoms in total. The number of halogens is 2. The molecule has 1 N–H and O–H groups in total. The Kier molecular flexibility index (Phi) is 6.40. The van der Waals surface area contributed by atoms with E-state index in [-0.39, 0.29) is 5.57 Å². The SMILES string of the molecule is Cc1ccc(N2C(=O)NC(=O)/C(=C\c3c(C)n(Cc4ccc(Cl)cc4Cl)c4ccccc34)C2=O)cc1C. The molecule has 0 spiro atoms. The van der Waals surface area contributed by atoms with E-state index in [9.17, 15) is 14.4 Å². The van der Waals surface area contributed by atoms with Crippen LogP contribution in [0.15, 0.2) is 66.2 Å². The lowest BCUT2D eigenvalue weighted by Crippen LogP contribution is -2.54. The summed E-state index contributed by atoms with van der Waals surface area (Å²) in [6.45, 7) is 6.24. The van der Waals surface area contributed by atoms with Gasteiger partial charge in [0.15, 0.2) is 0 Å². The number of hydrogen-bond donors (Lipinski definition) is 1. The van der Waals surface area contributed by atoms with Crippen LogP contribution < -0.4 is 10.2 Å². The number of hydrogen-bond acceptors (Lipinski definition) is 3. The van der Waals surface area contributed by atoms with Crippen molar-refractivity contribution in [2.24, 2.45) is 0 Å². The number of aryl methyl sites for hydroxylation is 2. The Bertz CT molecular complexity index is 1650. The molecule has 4 amide bonds. The minimum Gasteiger partial charge on any atom is -0.340 e. The fraction of sp³-hybridized carbons (Fsp3) is 0.138. The first-order chi connectivity index (χ1) is 17.7. The molecule has 8 heteroatoms. The maximum absolute atomic E-state index is 13.5. The number of urea groups is 1. The van der Waals surface area contributed by atoms with E-state index >= 15 is 0 Å². The number of imide groups is 2. The number of fused-ring (bicyclic) bond motifs is 1. The molecule has 3 aromatic carbocycles. The lowest BCUT2D eigenvalue weighted by Gasteiger charge is -2.26. The van der Waals surface area contributed by atoms with E-state index in [0.717, 1.165) is 38.2 Å². The number of carbonyl (C=O) groups excluding carboxylic acids is 3. The number of amides is 4. The fourth-order valence-electron chi connectivity index (χ4n) is 4.56. The number of barbiturate groups is 1. The third-order valence-electron chi connectivity index (χ3n) is 6.76.